The standard InChI is InChI=1S/C15H25N/c1-3-5-9-13(4-2)12-15(16)14-10-7-6-8-11-14/h6-8,10-11,13,15H,3-5,9,12,16H2,1-2H3. The molecule has 1 heteroatoms. The van der Waals surface area contributed by atoms with Crippen molar-refractivity contribution in [1.82, 2.24) is 0 Å². The molecule has 0 heterocycles. The van der Waals surface area contributed by atoms with Gasteiger partial charge in [0.05, 0.1) is 0 Å². The number of hydrogen-bond donors (Lipinski definition) is 1. The minimum absolute atomic E-state index is 0.211. The highest BCUT2D eigenvalue weighted by Gasteiger charge is 2.12. The molecule has 1 rings (SSSR count). The summed E-state index contributed by atoms with van der Waals surface area (Å²) in [4.78, 5) is 0. The molecule has 0 saturated carbocycles. The van der Waals surface area contributed by atoms with Gasteiger partial charge in [-0.15, -0.1) is 0 Å². The summed E-state index contributed by atoms with van der Waals surface area (Å²) >= 11 is 0. The van der Waals surface area contributed by atoms with Crippen LogP contribution in [0.25, 0.3) is 0 Å². The zero-order valence-electron chi connectivity index (χ0n) is 10.7. The van der Waals surface area contributed by atoms with Crippen molar-refractivity contribution in [1.29, 1.82) is 0 Å². The molecule has 1 nitrogen and oxygen atoms in total. The van der Waals surface area contributed by atoms with Crippen molar-refractivity contribution >= 4 is 0 Å². The minimum atomic E-state index is 0.211. The lowest BCUT2D eigenvalue weighted by Gasteiger charge is -2.19. The van der Waals surface area contributed by atoms with E-state index in [0.717, 1.165) is 12.3 Å². The van der Waals surface area contributed by atoms with Crippen molar-refractivity contribution in [3.8, 4) is 0 Å². The van der Waals surface area contributed by atoms with E-state index in [0.29, 0.717) is 0 Å². The van der Waals surface area contributed by atoms with Gasteiger partial charge < -0.3 is 5.73 Å². The third-order valence-corrected chi connectivity index (χ3v) is 3.36. The van der Waals surface area contributed by atoms with Crippen LogP contribution in [-0.4, -0.2) is 0 Å². The molecular formula is C15H25N. The molecule has 0 spiro atoms. The van der Waals surface area contributed by atoms with Crippen LogP contribution in [0.4, 0.5) is 0 Å². The number of nitrogens with two attached hydrogens (primary N) is 1. The number of benzene rings is 1. The van der Waals surface area contributed by atoms with Crippen LogP contribution in [0.3, 0.4) is 0 Å². The highest BCUT2D eigenvalue weighted by Crippen LogP contribution is 2.24. The topological polar surface area (TPSA) is 26.0 Å². The minimum Gasteiger partial charge on any atom is -0.324 e. The first-order chi connectivity index (χ1) is 7.77. The van der Waals surface area contributed by atoms with Crippen LogP contribution < -0.4 is 5.73 Å². The van der Waals surface area contributed by atoms with Gasteiger partial charge in [-0.05, 0) is 17.9 Å². The van der Waals surface area contributed by atoms with Gasteiger partial charge in [0.25, 0.3) is 0 Å². The van der Waals surface area contributed by atoms with Crippen molar-refractivity contribution in [2.75, 3.05) is 0 Å². The lowest BCUT2D eigenvalue weighted by molar-refractivity contribution is 0.388. The van der Waals surface area contributed by atoms with Gasteiger partial charge in [-0.3, -0.25) is 0 Å². The highest BCUT2D eigenvalue weighted by atomic mass is 14.6. The molecule has 0 aliphatic heterocycles. The van der Waals surface area contributed by atoms with E-state index in [2.05, 4.69) is 38.1 Å². The van der Waals surface area contributed by atoms with Gasteiger partial charge in [-0.2, -0.15) is 0 Å². The van der Waals surface area contributed by atoms with Gasteiger partial charge in [0, 0.05) is 6.04 Å². The molecule has 0 amide bonds. The fourth-order valence-corrected chi connectivity index (χ4v) is 2.18. The molecule has 1 aromatic rings. The first-order valence-electron chi connectivity index (χ1n) is 6.58. The zero-order chi connectivity index (χ0) is 11.8. The lowest BCUT2D eigenvalue weighted by atomic mass is 9.90. The molecule has 0 aromatic heterocycles. The fourth-order valence-electron chi connectivity index (χ4n) is 2.18. The van der Waals surface area contributed by atoms with Gasteiger partial charge >= 0.3 is 0 Å². The summed E-state index contributed by atoms with van der Waals surface area (Å²) in [5.74, 6) is 0.787. The fraction of sp³-hybridized carbons (Fsp3) is 0.600. The Labute approximate surface area is 100 Å². The Morgan fingerprint density at radius 1 is 1.12 bits per heavy atom. The summed E-state index contributed by atoms with van der Waals surface area (Å²) in [6.45, 7) is 4.53. The average Bonchev–Trinajstić information content (AvgIpc) is 2.35. The maximum atomic E-state index is 6.24. The summed E-state index contributed by atoms with van der Waals surface area (Å²) in [5.41, 5.74) is 7.52. The smallest absolute Gasteiger partial charge is 0.0297 e. The molecular weight excluding hydrogens is 194 g/mol. The van der Waals surface area contributed by atoms with Crippen LogP contribution in [0.1, 0.15) is 57.6 Å². The molecule has 90 valence electrons. The van der Waals surface area contributed by atoms with E-state index in [4.69, 9.17) is 5.73 Å². The second-order valence-corrected chi connectivity index (χ2v) is 4.67. The van der Waals surface area contributed by atoms with Crippen molar-refractivity contribution < 1.29 is 0 Å². The Kier molecular flexibility index (Phi) is 6.17. The quantitative estimate of drug-likeness (QED) is 0.727. The van der Waals surface area contributed by atoms with Crippen LogP contribution in [0.2, 0.25) is 0 Å². The van der Waals surface area contributed by atoms with E-state index in [-0.39, 0.29) is 6.04 Å². The largest absolute Gasteiger partial charge is 0.324 e. The highest BCUT2D eigenvalue weighted by molar-refractivity contribution is 5.18. The Balaban J connectivity index is 2.45. The molecule has 0 fully saturated rings. The predicted octanol–water partition coefficient (Wildman–Crippen LogP) is 4.29. The molecule has 0 aliphatic carbocycles. The molecule has 0 aliphatic rings. The maximum absolute atomic E-state index is 6.24. The third kappa shape index (κ3) is 4.36. The van der Waals surface area contributed by atoms with Crippen molar-refractivity contribution in [3.05, 3.63) is 35.9 Å². The molecule has 0 radical (unpaired) electrons. The van der Waals surface area contributed by atoms with Crippen molar-refractivity contribution in [2.45, 2.75) is 52.0 Å². The van der Waals surface area contributed by atoms with Crippen molar-refractivity contribution in [3.63, 3.8) is 0 Å². The second-order valence-electron chi connectivity index (χ2n) is 4.67. The summed E-state index contributed by atoms with van der Waals surface area (Å²) in [5, 5.41) is 0. The zero-order valence-corrected chi connectivity index (χ0v) is 10.7. The Morgan fingerprint density at radius 2 is 1.81 bits per heavy atom. The summed E-state index contributed by atoms with van der Waals surface area (Å²) in [6.07, 6.45) is 6.33. The van der Waals surface area contributed by atoms with Gasteiger partial charge in [-0.25, -0.2) is 0 Å². The van der Waals surface area contributed by atoms with Crippen molar-refractivity contribution in [2.24, 2.45) is 11.7 Å². The Morgan fingerprint density at radius 3 is 2.38 bits per heavy atom. The number of hydrogen-bond acceptors (Lipinski definition) is 1. The van der Waals surface area contributed by atoms with Gasteiger partial charge in [0.1, 0.15) is 0 Å². The molecule has 0 bridgehead atoms. The van der Waals surface area contributed by atoms with E-state index in [1.165, 1.54) is 31.2 Å². The van der Waals surface area contributed by atoms with E-state index < -0.39 is 0 Å². The molecule has 1 aromatic carbocycles. The maximum Gasteiger partial charge on any atom is 0.0297 e. The monoisotopic (exact) mass is 219 g/mol. The van der Waals surface area contributed by atoms with Crippen LogP contribution in [-0.2, 0) is 0 Å². The van der Waals surface area contributed by atoms with Gasteiger partial charge in [-0.1, -0.05) is 69.9 Å². The van der Waals surface area contributed by atoms with Gasteiger partial charge in [0.15, 0.2) is 0 Å². The lowest BCUT2D eigenvalue weighted by Crippen LogP contribution is -2.15. The molecule has 0 saturated heterocycles. The van der Waals surface area contributed by atoms with E-state index in [1.807, 2.05) is 6.07 Å². The molecule has 2 unspecified atom stereocenters. The van der Waals surface area contributed by atoms with Crippen LogP contribution >= 0.6 is 0 Å². The number of rotatable bonds is 7. The first-order valence-corrected chi connectivity index (χ1v) is 6.58. The molecule has 2 N–H and O–H groups in total. The van der Waals surface area contributed by atoms with E-state index in [1.54, 1.807) is 0 Å². The Hall–Kier alpha value is -0.820. The van der Waals surface area contributed by atoms with E-state index >= 15 is 0 Å². The first kappa shape index (κ1) is 13.2. The predicted molar refractivity (Wildman–Crippen MR) is 71.3 cm³/mol. The van der Waals surface area contributed by atoms with Gasteiger partial charge in [0.2, 0.25) is 0 Å². The summed E-state index contributed by atoms with van der Waals surface area (Å²) < 4.78 is 0. The summed E-state index contributed by atoms with van der Waals surface area (Å²) in [6, 6.07) is 10.7. The normalized spacial score (nSPS) is 14.7. The van der Waals surface area contributed by atoms with Crippen LogP contribution in [0, 0.1) is 5.92 Å². The second kappa shape index (κ2) is 7.45. The molecule has 16 heavy (non-hydrogen) atoms. The van der Waals surface area contributed by atoms with Crippen LogP contribution in [0.5, 0.6) is 0 Å². The average molecular weight is 219 g/mol. The number of unbranched alkanes of at least 4 members (excludes halogenated alkanes) is 1. The summed E-state index contributed by atoms with van der Waals surface area (Å²) in [7, 11) is 0. The van der Waals surface area contributed by atoms with E-state index in [9.17, 15) is 0 Å². The van der Waals surface area contributed by atoms with Crippen LogP contribution in [0.15, 0.2) is 30.3 Å². The Bertz CT molecular complexity index is 268. The third-order valence-electron chi connectivity index (χ3n) is 3.36. The molecule has 2 atom stereocenters. The SMILES string of the molecule is CCCCC(CC)CC(N)c1ccccc1.